The van der Waals surface area contributed by atoms with Gasteiger partial charge in [0.1, 0.15) is 12.2 Å². The van der Waals surface area contributed by atoms with Crippen molar-refractivity contribution in [3.63, 3.8) is 0 Å². The number of hydrogen-bond donors (Lipinski definition) is 1. The first-order valence-corrected chi connectivity index (χ1v) is 13.5. The number of piperidine rings is 1. The molecule has 1 amide bonds. The van der Waals surface area contributed by atoms with Crippen LogP contribution in [0, 0.1) is 5.92 Å². The van der Waals surface area contributed by atoms with Crippen LogP contribution in [0.2, 0.25) is 0 Å². The van der Waals surface area contributed by atoms with E-state index in [0.717, 1.165) is 99.3 Å². The van der Waals surface area contributed by atoms with Gasteiger partial charge in [-0.15, -0.1) is 0 Å². The Balaban J connectivity index is 1.13. The Hall–Kier alpha value is -3.20. The smallest absolute Gasteiger partial charge is 0.227 e. The predicted octanol–water partition coefficient (Wildman–Crippen LogP) is 3.16. The van der Waals surface area contributed by atoms with Crippen LogP contribution in [0.15, 0.2) is 30.6 Å². The maximum Gasteiger partial charge on any atom is 0.227 e. The van der Waals surface area contributed by atoms with E-state index in [4.69, 9.17) is 4.98 Å². The summed E-state index contributed by atoms with van der Waals surface area (Å²) in [5.74, 6) is 2.17. The van der Waals surface area contributed by atoms with Gasteiger partial charge in [0, 0.05) is 58.2 Å². The summed E-state index contributed by atoms with van der Waals surface area (Å²) in [6.45, 7) is 6.62. The lowest BCUT2D eigenvalue weighted by Crippen LogP contribution is -2.45. The average Bonchev–Trinajstić information content (AvgIpc) is 3.10. The summed E-state index contributed by atoms with van der Waals surface area (Å²) in [5, 5.41) is 3.26. The Morgan fingerprint density at radius 1 is 0.917 bits per heavy atom. The number of hydrogen-bond acceptors (Lipinski definition) is 7. The van der Waals surface area contributed by atoms with Crippen molar-refractivity contribution in [1.82, 2.24) is 24.4 Å². The van der Waals surface area contributed by atoms with Gasteiger partial charge in [0.05, 0.1) is 11.4 Å². The number of nitrogens with one attached hydrogen (secondary N) is 1. The van der Waals surface area contributed by atoms with Crippen LogP contribution in [0.1, 0.15) is 37.9 Å². The van der Waals surface area contributed by atoms with Gasteiger partial charge in [-0.05, 0) is 44.9 Å². The van der Waals surface area contributed by atoms with Crippen molar-refractivity contribution in [1.29, 1.82) is 0 Å². The molecule has 1 N–H and O–H groups in total. The molecule has 0 spiro atoms. The van der Waals surface area contributed by atoms with Gasteiger partial charge in [-0.2, -0.15) is 0 Å². The van der Waals surface area contributed by atoms with E-state index in [-0.39, 0.29) is 11.8 Å². The molecule has 6 rings (SSSR count). The van der Waals surface area contributed by atoms with Gasteiger partial charge in [-0.3, -0.25) is 4.79 Å². The minimum atomic E-state index is -0.00200. The number of carbonyl (C=O) groups excluding carboxylic acids is 1. The second-order valence-corrected chi connectivity index (χ2v) is 10.4. The van der Waals surface area contributed by atoms with Crippen molar-refractivity contribution < 1.29 is 4.79 Å². The Morgan fingerprint density at radius 3 is 2.56 bits per heavy atom. The van der Waals surface area contributed by atoms with Gasteiger partial charge >= 0.3 is 0 Å². The number of anilines is 3. The first-order valence-electron chi connectivity index (χ1n) is 13.5. The molecule has 190 valence electrons. The summed E-state index contributed by atoms with van der Waals surface area (Å²) in [6, 6.07) is 8.21. The highest BCUT2D eigenvalue weighted by Gasteiger charge is 2.29. The predicted molar refractivity (Wildman–Crippen MR) is 143 cm³/mol. The molecule has 0 radical (unpaired) electrons. The highest BCUT2D eigenvalue weighted by Crippen LogP contribution is 2.31. The third-order valence-corrected chi connectivity index (χ3v) is 8.05. The number of aromatic nitrogens is 4. The molecule has 36 heavy (non-hydrogen) atoms. The molecule has 3 aliphatic rings. The van der Waals surface area contributed by atoms with E-state index in [1.165, 1.54) is 19.3 Å². The number of rotatable bonds is 4. The van der Waals surface area contributed by atoms with Crippen molar-refractivity contribution in [2.75, 3.05) is 61.4 Å². The molecule has 0 bridgehead atoms. The number of carbonyl (C=O) groups is 1. The highest BCUT2D eigenvalue weighted by molar-refractivity contribution is 5.96. The summed E-state index contributed by atoms with van der Waals surface area (Å²) in [6.07, 6.45) is 7.90. The largest absolute Gasteiger partial charge is 0.367 e. The zero-order chi connectivity index (χ0) is 24.5. The molecule has 0 aliphatic carbocycles. The Bertz CT molecular complexity index is 1220. The van der Waals surface area contributed by atoms with E-state index in [2.05, 4.69) is 53.7 Å². The highest BCUT2D eigenvalue weighted by atomic mass is 16.1. The standard InChI is InChI=1S/C27H36N8O/c1-32-15-17-33(18-16-32)22-8-5-4-7-21(22)30-27(36)20-10-13-34(14-11-20)25-24-26(29-19-28-25)35-12-6-2-3-9-23(35)31-24/h4-5,7-8,19-20H,2-3,6,9-18H2,1H3,(H,30,36). The zero-order valence-corrected chi connectivity index (χ0v) is 21.2. The van der Waals surface area contributed by atoms with Crippen LogP contribution in [-0.4, -0.2) is 76.6 Å². The molecule has 0 unspecified atom stereocenters. The van der Waals surface area contributed by atoms with Crippen LogP contribution in [-0.2, 0) is 17.8 Å². The molecular weight excluding hydrogens is 452 g/mol. The molecule has 2 fully saturated rings. The molecule has 0 saturated carbocycles. The lowest BCUT2D eigenvalue weighted by atomic mass is 9.95. The summed E-state index contributed by atoms with van der Waals surface area (Å²) in [7, 11) is 2.16. The Morgan fingerprint density at radius 2 is 1.72 bits per heavy atom. The number of piperazine rings is 1. The van der Waals surface area contributed by atoms with Crippen LogP contribution in [0.4, 0.5) is 17.2 Å². The van der Waals surface area contributed by atoms with Crippen molar-refractivity contribution >= 4 is 34.3 Å². The topological polar surface area (TPSA) is 82.4 Å². The van der Waals surface area contributed by atoms with E-state index in [1.807, 2.05) is 12.1 Å². The molecule has 1 aromatic carbocycles. The Labute approximate surface area is 212 Å². The third kappa shape index (κ3) is 4.52. The van der Waals surface area contributed by atoms with Gasteiger partial charge in [0.25, 0.3) is 0 Å². The lowest BCUT2D eigenvalue weighted by Gasteiger charge is -2.35. The zero-order valence-electron chi connectivity index (χ0n) is 21.2. The van der Waals surface area contributed by atoms with E-state index >= 15 is 0 Å². The van der Waals surface area contributed by atoms with E-state index in [0.29, 0.717) is 0 Å². The molecule has 0 atom stereocenters. The summed E-state index contributed by atoms with van der Waals surface area (Å²) in [5.41, 5.74) is 3.92. The monoisotopic (exact) mass is 488 g/mol. The number of nitrogens with zero attached hydrogens (tertiary/aromatic N) is 7. The number of para-hydroxylation sites is 2. The van der Waals surface area contributed by atoms with Crippen molar-refractivity contribution in [3.8, 4) is 0 Å². The summed E-state index contributed by atoms with van der Waals surface area (Å²) >= 11 is 0. The summed E-state index contributed by atoms with van der Waals surface area (Å²) < 4.78 is 2.28. The van der Waals surface area contributed by atoms with Gasteiger partial charge in [0.15, 0.2) is 17.0 Å². The normalized spacial score (nSPS) is 19.8. The maximum atomic E-state index is 13.3. The second kappa shape index (κ2) is 10.0. The SMILES string of the molecule is CN1CCN(c2ccccc2NC(=O)C2CCN(c3ncnc4c3nc3n4CCCCC3)CC2)CC1. The fraction of sp³-hybridized carbons (Fsp3) is 0.556. The molecule has 9 heteroatoms. The molecule has 2 saturated heterocycles. The number of imidazole rings is 1. The fourth-order valence-corrected chi connectivity index (χ4v) is 5.85. The summed E-state index contributed by atoms with van der Waals surface area (Å²) in [4.78, 5) is 34.5. The maximum absolute atomic E-state index is 13.3. The molecule has 9 nitrogen and oxygen atoms in total. The van der Waals surface area contributed by atoms with Gasteiger partial charge < -0.3 is 24.6 Å². The minimum absolute atomic E-state index is 0.00200. The third-order valence-electron chi connectivity index (χ3n) is 8.05. The van der Waals surface area contributed by atoms with Crippen LogP contribution >= 0.6 is 0 Å². The number of amides is 1. The first kappa shape index (κ1) is 23.2. The quantitative estimate of drug-likeness (QED) is 0.604. The van der Waals surface area contributed by atoms with Crippen molar-refractivity contribution in [2.24, 2.45) is 5.92 Å². The Kier molecular flexibility index (Phi) is 6.48. The number of fused-ring (bicyclic) bond motifs is 3. The lowest BCUT2D eigenvalue weighted by molar-refractivity contribution is -0.120. The van der Waals surface area contributed by atoms with Crippen LogP contribution < -0.4 is 15.1 Å². The minimum Gasteiger partial charge on any atom is -0.367 e. The van der Waals surface area contributed by atoms with Crippen LogP contribution in [0.25, 0.3) is 11.2 Å². The van der Waals surface area contributed by atoms with Gasteiger partial charge in [-0.25, -0.2) is 15.0 Å². The first-order chi connectivity index (χ1) is 17.7. The van der Waals surface area contributed by atoms with Gasteiger partial charge in [0.2, 0.25) is 5.91 Å². The molecule has 5 heterocycles. The number of likely N-dealkylation sites (N-methyl/N-ethyl adjacent to an activating group) is 1. The van der Waals surface area contributed by atoms with Gasteiger partial charge in [-0.1, -0.05) is 18.6 Å². The molecular formula is C27H36N8O. The molecule has 3 aromatic rings. The average molecular weight is 489 g/mol. The van der Waals surface area contributed by atoms with Crippen molar-refractivity contribution in [3.05, 3.63) is 36.4 Å². The van der Waals surface area contributed by atoms with E-state index in [9.17, 15) is 4.79 Å². The molecule has 2 aromatic heterocycles. The van der Waals surface area contributed by atoms with Crippen LogP contribution in [0.3, 0.4) is 0 Å². The van der Waals surface area contributed by atoms with Crippen molar-refractivity contribution in [2.45, 2.75) is 45.1 Å². The van der Waals surface area contributed by atoms with E-state index in [1.54, 1.807) is 6.33 Å². The number of benzene rings is 1. The number of aryl methyl sites for hydroxylation is 2. The second-order valence-electron chi connectivity index (χ2n) is 10.4. The fourth-order valence-electron chi connectivity index (χ4n) is 5.85. The van der Waals surface area contributed by atoms with E-state index < -0.39 is 0 Å². The molecule has 3 aliphatic heterocycles. The van der Waals surface area contributed by atoms with Crippen LogP contribution in [0.5, 0.6) is 0 Å².